The van der Waals surface area contributed by atoms with E-state index in [0.29, 0.717) is 5.69 Å². The first-order valence-corrected chi connectivity index (χ1v) is 7.97. The average Bonchev–Trinajstić information content (AvgIpc) is 3.11. The summed E-state index contributed by atoms with van der Waals surface area (Å²) >= 11 is 0. The van der Waals surface area contributed by atoms with Crippen molar-refractivity contribution in [1.82, 2.24) is 19.9 Å². The van der Waals surface area contributed by atoms with Gasteiger partial charge in [0, 0.05) is 22.8 Å². The molecule has 2 heterocycles. The van der Waals surface area contributed by atoms with Crippen LogP contribution in [0.5, 0.6) is 6.01 Å². The third-order valence-corrected chi connectivity index (χ3v) is 3.85. The van der Waals surface area contributed by atoms with Crippen molar-refractivity contribution in [1.29, 1.82) is 0 Å². The first-order chi connectivity index (χ1) is 13.1. The van der Waals surface area contributed by atoms with E-state index in [0.717, 1.165) is 16.6 Å². The third-order valence-electron chi connectivity index (χ3n) is 3.85. The molecule has 4 aromatic rings. The van der Waals surface area contributed by atoms with Crippen molar-refractivity contribution in [3.63, 3.8) is 0 Å². The van der Waals surface area contributed by atoms with E-state index in [-0.39, 0.29) is 17.5 Å². The highest BCUT2D eigenvalue weighted by Crippen LogP contribution is 2.25. The van der Waals surface area contributed by atoms with Crippen molar-refractivity contribution in [3.8, 4) is 6.01 Å². The van der Waals surface area contributed by atoms with Crippen LogP contribution in [-0.4, -0.2) is 36.1 Å². The number of aromatic nitrogens is 4. The number of aromatic hydroxyl groups is 1. The van der Waals surface area contributed by atoms with Gasteiger partial charge in [-0.25, -0.2) is 4.79 Å². The van der Waals surface area contributed by atoms with Gasteiger partial charge >= 0.3 is 12.0 Å². The number of rotatable bonds is 5. The molecular formula is C18H14N6O3. The number of aromatic carboxylic acids is 1. The number of nitrogens with zero attached hydrogens (tertiary/aromatic N) is 3. The summed E-state index contributed by atoms with van der Waals surface area (Å²) in [5.74, 6) is -0.722. The lowest BCUT2D eigenvalue weighted by molar-refractivity contribution is 0.0697. The van der Waals surface area contributed by atoms with Crippen LogP contribution in [0.15, 0.2) is 54.7 Å². The number of carboxylic acids is 1. The van der Waals surface area contributed by atoms with Crippen molar-refractivity contribution in [2.75, 3.05) is 10.6 Å². The van der Waals surface area contributed by atoms with Crippen molar-refractivity contribution in [3.05, 3.63) is 60.3 Å². The van der Waals surface area contributed by atoms with E-state index in [1.165, 1.54) is 12.1 Å². The monoisotopic (exact) mass is 362 g/mol. The summed E-state index contributed by atoms with van der Waals surface area (Å²) in [6.45, 7) is 0. The number of nitrogens with one attached hydrogen (secondary N) is 3. The van der Waals surface area contributed by atoms with E-state index in [1.807, 2.05) is 30.5 Å². The molecule has 0 radical (unpaired) electrons. The average molecular weight is 362 g/mol. The number of aromatic amines is 1. The number of carbonyl (C=O) groups is 1. The van der Waals surface area contributed by atoms with Gasteiger partial charge < -0.3 is 25.8 Å². The topological polar surface area (TPSA) is 136 Å². The van der Waals surface area contributed by atoms with E-state index >= 15 is 0 Å². The third kappa shape index (κ3) is 3.47. The summed E-state index contributed by atoms with van der Waals surface area (Å²) in [5, 5.41) is 25.7. The van der Waals surface area contributed by atoms with Crippen molar-refractivity contribution in [2.45, 2.75) is 0 Å². The van der Waals surface area contributed by atoms with Crippen molar-refractivity contribution in [2.24, 2.45) is 0 Å². The molecule has 2 aromatic carbocycles. The number of carboxylic acid groups (broad SMARTS) is 1. The Morgan fingerprint density at radius 2 is 1.67 bits per heavy atom. The van der Waals surface area contributed by atoms with Gasteiger partial charge in [0.15, 0.2) is 0 Å². The molecule has 0 amide bonds. The largest absolute Gasteiger partial charge is 0.479 e. The van der Waals surface area contributed by atoms with Gasteiger partial charge in [0.05, 0.1) is 11.3 Å². The fourth-order valence-corrected chi connectivity index (χ4v) is 2.62. The maximum Gasteiger partial charge on any atom is 0.335 e. The molecule has 9 nitrogen and oxygen atoms in total. The molecular weight excluding hydrogens is 348 g/mol. The van der Waals surface area contributed by atoms with Crippen LogP contribution in [0, 0.1) is 0 Å². The van der Waals surface area contributed by atoms with Crippen LogP contribution in [0.2, 0.25) is 0 Å². The van der Waals surface area contributed by atoms with Gasteiger partial charge in [0.2, 0.25) is 11.9 Å². The second-order valence-corrected chi connectivity index (χ2v) is 5.66. The van der Waals surface area contributed by atoms with Gasteiger partial charge in [-0.1, -0.05) is 6.07 Å². The molecule has 0 atom stereocenters. The number of hydrogen-bond donors (Lipinski definition) is 5. The Morgan fingerprint density at radius 3 is 2.41 bits per heavy atom. The summed E-state index contributed by atoms with van der Waals surface area (Å²) in [4.78, 5) is 26.0. The Labute approximate surface area is 152 Å². The summed E-state index contributed by atoms with van der Waals surface area (Å²) in [6.07, 6.45) is 1.83. The maximum atomic E-state index is 10.9. The number of hydrogen-bond acceptors (Lipinski definition) is 7. The fourth-order valence-electron chi connectivity index (χ4n) is 2.62. The molecule has 0 unspecified atom stereocenters. The summed E-state index contributed by atoms with van der Waals surface area (Å²) < 4.78 is 0. The van der Waals surface area contributed by atoms with Gasteiger partial charge in [0.25, 0.3) is 0 Å². The van der Waals surface area contributed by atoms with Gasteiger partial charge in [0.1, 0.15) is 0 Å². The molecule has 0 aliphatic heterocycles. The standard InChI is InChI=1S/C18H14N6O3/c25-15(26)10-4-6-11(7-5-10)20-16-22-17(24-18(27)23-16)21-14-3-1-2-13-12(14)8-9-19-13/h1-9,19H,(H,25,26)(H3,20,21,22,23,24,27). The summed E-state index contributed by atoms with van der Waals surface area (Å²) in [5.41, 5.74) is 2.47. The summed E-state index contributed by atoms with van der Waals surface area (Å²) in [7, 11) is 0. The molecule has 2 aromatic heterocycles. The van der Waals surface area contributed by atoms with Crippen molar-refractivity contribution >= 4 is 40.1 Å². The van der Waals surface area contributed by atoms with Gasteiger partial charge in [-0.15, -0.1) is 0 Å². The molecule has 0 aliphatic rings. The van der Waals surface area contributed by atoms with E-state index in [2.05, 4.69) is 30.6 Å². The number of benzene rings is 2. The molecule has 0 aliphatic carbocycles. The van der Waals surface area contributed by atoms with E-state index in [4.69, 9.17) is 5.11 Å². The van der Waals surface area contributed by atoms with Crippen LogP contribution < -0.4 is 10.6 Å². The molecule has 4 rings (SSSR count). The lowest BCUT2D eigenvalue weighted by atomic mass is 10.2. The van der Waals surface area contributed by atoms with E-state index < -0.39 is 12.0 Å². The lowest BCUT2D eigenvalue weighted by Crippen LogP contribution is -2.04. The van der Waals surface area contributed by atoms with Gasteiger partial charge in [-0.2, -0.15) is 15.0 Å². The zero-order valence-corrected chi connectivity index (χ0v) is 13.8. The second kappa shape index (κ2) is 6.64. The zero-order valence-electron chi connectivity index (χ0n) is 13.8. The van der Waals surface area contributed by atoms with Crippen LogP contribution in [0.1, 0.15) is 10.4 Å². The quantitative estimate of drug-likeness (QED) is 0.365. The minimum absolute atomic E-state index is 0.120. The SMILES string of the molecule is O=C(O)c1ccc(Nc2nc(O)nc(Nc3cccc4[nH]ccc34)n2)cc1. The Balaban J connectivity index is 1.59. The van der Waals surface area contributed by atoms with E-state index in [1.54, 1.807) is 12.1 Å². The van der Waals surface area contributed by atoms with Gasteiger partial charge in [-0.3, -0.25) is 0 Å². The van der Waals surface area contributed by atoms with Crippen LogP contribution in [0.3, 0.4) is 0 Å². The smallest absolute Gasteiger partial charge is 0.335 e. The molecule has 9 heteroatoms. The summed E-state index contributed by atoms with van der Waals surface area (Å²) in [6, 6.07) is 13.2. The Hall–Kier alpha value is -4.14. The maximum absolute atomic E-state index is 10.9. The molecule has 134 valence electrons. The van der Waals surface area contributed by atoms with Crippen LogP contribution in [0.25, 0.3) is 10.9 Å². The molecule has 0 saturated heterocycles. The molecule has 0 fully saturated rings. The van der Waals surface area contributed by atoms with Crippen LogP contribution in [-0.2, 0) is 0 Å². The minimum atomic E-state index is -1.01. The predicted octanol–water partition coefficient (Wildman–Crippen LogP) is 3.24. The Bertz CT molecular complexity index is 1120. The fraction of sp³-hybridized carbons (Fsp3) is 0. The molecule has 0 bridgehead atoms. The van der Waals surface area contributed by atoms with Crippen molar-refractivity contribution < 1.29 is 15.0 Å². The predicted molar refractivity (Wildman–Crippen MR) is 99.8 cm³/mol. The minimum Gasteiger partial charge on any atom is -0.479 e. The highest BCUT2D eigenvalue weighted by atomic mass is 16.4. The highest BCUT2D eigenvalue weighted by molar-refractivity contribution is 5.93. The molecule has 0 saturated carbocycles. The lowest BCUT2D eigenvalue weighted by Gasteiger charge is -2.09. The highest BCUT2D eigenvalue weighted by Gasteiger charge is 2.09. The number of anilines is 4. The van der Waals surface area contributed by atoms with Gasteiger partial charge in [-0.05, 0) is 42.5 Å². The Morgan fingerprint density at radius 1 is 0.926 bits per heavy atom. The zero-order chi connectivity index (χ0) is 18.8. The Kier molecular flexibility index (Phi) is 4.01. The molecule has 27 heavy (non-hydrogen) atoms. The second-order valence-electron chi connectivity index (χ2n) is 5.66. The molecule has 0 spiro atoms. The normalized spacial score (nSPS) is 10.7. The van der Waals surface area contributed by atoms with Crippen LogP contribution >= 0.6 is 0 Å². The number of fused-ring (bicyclic) bond motifs is 1. The number of H-pyrrole nitrogens is 1. The first-order valence-electron chi connectivity index (χ1n) is 7.97. The van der Waals surface area contributed by atoms with E-state index in [9.17, 15) is 9.90 Å². The van der Waals surface area contributed by atoms with Crippen LogP contribution in [0.4, 0.5) is 23.3 Å². The molecule has 5 N–H and O–H groups in total. The first kappa shape index (κ1) is 16.3.